The molecule has 0 unspecified atom stereocenters. The third kappa shape index (κ3) is 3.37. The zero-order valence-corrected chi connectivity index (χ0v) is 11.8. The first-order chi connectivity index (χ1) is 9.13. The van der Waals surface area contributed by atoms with Gasteiger partial charge in [-0.1, -0.05) is 0 Å². The molecule has 0 saturated carbocycles. The van der Waals surface area contributed by atoms with Crippen LogP contribution in [0, 0.1) is 10.1 Å². The van der Waals surface area contributed by atoms with E-state index in [-0.39, 0.29) is 29.8 Å². The van der Waals surface area contributed by atoms with Crippen molar-refractivity contribution in [2.24, 2.45) is 0 Å². The highest BCUT2D eigenvalue weighted by Crippen LogP contribution is 2.28. The fourth-order valence-corrected chi connectivity index (χ4v) is 2.02. The Morgan fingerprint density at radius 3 is 2.60 bits per heavy atom. The molecule has 20 heavy (non-hydrogen) atoms. The van der Waals surface area contributed by atoms with E-state index >= 15 is 0 Å². The van der Waals surface area contributed by atoms with E-state index < -0.39 is 4.92 Å². The minimum absolute atomic E-state index is 0. The molecule has 1 fully saturated rings. The second-order valence-corrected chi connectivity index (χ2v) is 4.19. The molecule has 1 amide bonds. The molecule has 110 valence electrons. The summed E-state index contributed by atoms with van der Waals surface area (Å²) in [5, 5.41) is 14.1. The maximum atomic E-state index is 12.2. The third-order valence-corrected chi connectivity index (χ3v) is 3.03. The van der Waals surface area contributed by atoms with E-state index in [1.807, 2.05) is 0 Å². The number of hydrogen-bond donors (Lipinski definition) is 1. The van der Waals surface area contributed by atoms with Gasteiger partial charge in [-0.15, -0.1) is 12.4 Å². The van der Waals surface area contributed by atoms with Crippen molar-refractivity contribution in [3.8, 4) is 5.75 Å². The van der Waals surface area contributed by atoms with Crippen molar-refractivity contribution in [1.82, 2.24) is 10.2 Å². The molecule has 8 heteroatoms. The number of halogens is 1. The van der Waals surface area contributed by atoms with E-state index in [0.29, 0.717) is 18.7 Å². The van der Waals surface area contributed by atoms with Crippen molar-refractivity contribution < 1.29 is 14.5 Å². The Morgan fingerprint density at radius 2 is 2.05 bits per heavy atom. The summed E-state index contributed by atoms with van der Waals surface area (Å²) in [6.45, 7) is 2.70. The number of carbonyl (C=O) groups excluding carboxylic acids is 1. The van der Waals surface area contributed by atoms with Crippen LogP contribution in [0.4, 0.5) is 5.69 Å². The minimum atomic E-state index is -0.548. The lowest BCUT2D eigenvalue weighted by Gasteiger charge is -2.27. The van der Waals surface area contributed by atoms with E-state index in [1.54, 1.807) is 11.0 Å². The van der Waals surface area contributed by atoms with Gasteiger partial charge in [0.25, 0.3) is 5.91 Å². The maximum absolute atomic E-state index is 12.2. The second-order valence-electron chi connectivity index (χ2n) is 4.19. The summed E-state index contributed by atoms with van der Waals surface area (Å²) in [5.41, 5.74) is 0.123. The number of rotatable bonds is 3. The topological polar surface area (TPSA) is 84.7 Å². The summed E-state index contributed by atoms with van der Waals surface area (Å²) in [5.74, 6) is -0.0332. The van der Waals surface area contributed by atoms with E-state index in [4.69, 9.17) is 4.74 Å². The van der Waals surface area contributed by atoms with Gasteiger partial charge in [0, 0.05) is 37.8 Å². The maximum Gasteiger partial charge on any atom is 0.311 e. The molecule has 0 bridgehead atoms. The molecule has 1 aliphatic rings. The highest BCUT2D eigenvalue weighted by molar-refractivity contribution is 5.95. The Morgan fingerprint density at radius 1 is 1.40 bits per heavy atom. The van der Waals surface area contributed by atoms with Crippen LogP contribution in [-0.4, -0.2) is 49.0 Å². The molecule has 0 spiro atoms. The molecular weight excluding hydrogens is 286 g/mol. The number of benzene rings is 1. The van der Waals surface area contributed by atoms with Crippen LogP contribution in [-0.2, 0) is 0 Å². The van der Waals surface area contributed by atoms with Gasteiger partial charge < -0.3 is 15.0 Å². The predicted molar refractivity (Wildman–Crippen MR) is 75.7 cm³/mol. The van der Waals surface area contributed by atoms with Crippen LogP contribution < -0.4 is 10.1 Å². The number of ether oxygens (including phenoxy) is 1. The Balaban J connectivity index is 0.00000200. The van der Waals surface area contributed by atoms with Crippen LogP contribution in [0.15, 0.2) is 18.2 Å². The minimum Gasteiger partial charge on any atom is -0.490 e. The molecule has 1 aliphatic heterocycles. The first-order valence-electron chi connectivity index (χ1n) is 5.96. The number of piperazine rings is 1. The van der Waals surface area contributed by atoms with Crippen molar-refractivity contribution in [2.75, 3.05) is 33.3 Å². The second kappa shape index (κ2) is 7.06. The quantitative estimate of drug-likeness (QED) is 0.667. The third-order valence-electron chi connectivity index (χ3n) is 3.03. The van der Waals surface area contributed by atoms with Gasteiger partial charge in [0.05, 0.1) is 12.0 Å². The average Bonchev–Trinajstić information content (AvgIpc) is 2.46. The summed E-state index contributed by atoms with van der Waals surface area (Å²) in [7, 11) is 1.36. The van der Waals surface area contributed by atoms with Gasteiger partial charge >= 0.3 is 5.69 Å². The molecule has 1 heterocycles. The van der Waals surface area contributed by atoms with Crippen molar-refractivity contribution in [2.45, 2.75) is 0 Å². The fourth-order valence-electron chi connectivity index (χ4n) is 2.02. The van der Waals surface area contributed by atoms with Gasteiger partial charge in [0.15, 0.2) is 5.75 Å². The molecule has 1 aromatic rings. The van der Waals surface area contributed by atoms with Gasteiger partial charge in [-0.25, -0.2) is 0 Å². The van der Waals surface area contributed by atoms with E-state index in [1.165, 1.54) is 19.2 Å². The molecule has 1 N–H and O–H groups in total. The van der Waals surface area contributed by atoms with Gasteiger partial charge in [-0.2, -0.15) is 0 Å². The highest BCUT2D eigenvalue weighted by atomic mass is 35.5. The van der Waals surface area contributed by atoms with Gasteiger partial charge in [0.1, 0.15) is 0 Å². The number of carbonyl (C=O) groups is 1. The van der Waals surface area contributed by atoms with Crippen LogP contribution in [0.25, 0.3) is 0 Å². The molecule has 0 aliphatic carbocycles. The van der Waals surface area contributed by atoms with Crippen LogP contribution in [0.1, 0.15) is 10.4 Å². The lowest BCUT2D eigenvalue weighted by atomic mass is 10.1. The summed E-state index contributed by atoms with van der Waals surface area (Å²) in [6, 6.07) is 4.27. The van der Waals surface area contributed by atoms with Crippen LogP contribution >= 0.6 is 12.4 Å². The van der Waals surface area contributed by atoms with Crippen molar-refractivity contribution in [1.29, 1.82) is 0 Å². The molecule has 1 aromatic carbocycles. The number of methoxy groups -OCH3 is 1. The SMILES string of the molecule is COc1ccc(C(=O)N2CCNCC2)cc1[N+](=O)[O-].Cl. The molecule has 0 aromatic heterocycles. The highest BCUT2D eigenvalue weighted by Gasteiger charge is 2.22. The van der Waals surface area contributed by atoms with Crippen LogP contribution in [0.3, 0.4) is 0 Å². The normalized spacial score (nSPS) is 14.3. The first-order valence-corrected chi connectivity index (χ1v) is 5.96. The van der Waals surface area contributed by atoms with Crippen LogP contribution in [0.5, 0.6) is 5.75 Å². The van der Waals surface area contributed by atoms with Crippen molar-refractivity contribution >= 4 is 24.0 Å². The zero-order valence-electron chi connectivity index (χ0n) is 11.0. The smallest absolute Gasteiger partial charge is 0.311 e. The van der Waals surface area contributed by atoms with Crippen molar-refractivity contribution in [3.63, 3.8) is 0 Å². The molecule has 0 radical (unpaired) electrons. The molecule has 0 atom stereocenters. The van der Waals surface area contributed by atoms with Gasteiger partial charge in [0.2, 0.25) is 0 Å². The van der Waals surface area contributed by atoms with Gasteiger partial charge in [-0.3, -0.25) is 14.9 Å². The largest absolute Gasteiger partial charge is 0.490 e. The number of nitro benzene ring substituents is 1. The van der Waals surface area contributed by atoms with Crippen molar-refractivity contribution in [3.05, 3.63) is 33.9 Å². The van der Waals surface area contributed by atoms with Gasteiger partial charge in [-0.05, 0) is 12.1 Å². The number of nitro groups is 1. The van der Waals surface area contributed by atoms with E-state index in [0.717, 1.165) is 13.1 Å². The number of hydrogen-bond acceptors (Lipinski definition) is 5. The van der Waals surface area contributed by atoms with E-state index in [2.05, 4.69) is 5.32 Å². The number of nitrogens with zero attached hydrogens (tertiary/aromatic N) is 2. The van der Waals surface area contributed by atoms with E-state index in [9.17, 15) is 14.9 Å². The lowest BCUT2D eigenvalue weighted by Crippen LogP contribution is -2.46. The standard InChI is InChI=1S/C12H15N3O4.ClH/c1-19-11-3-2-9(8-10(11)15(17)18)12(16)14-6-4-13-5-7-14;/h2-3,8,13H,4-7H2,1H3;1H. The molecule has 1 saturated heterocycles. The summed E-state index contributed by atoms with van der Waals surface area (Å²) >= 11 is 0. The number of nitrogens with one attached hydrogen (secondary N) is 1. The fraction of sp³-hybridized carbons (Fsp3) is 0.417. The average molecular weight is 302 g/mol. The first kappa shape index (κ1) is 16.2. The Labute approximate surface area is 122 Å². The molecular formula is C12H16ClN3O4. The molecule has 7 nitrogen and oxygen atoms in total. The summed E-state index contributed by atoms with van der Waals surface area (Å²) in [6.07, 6.45) is 0. The Hall–Kier alpha value is -1.86. The Bertz CT molecular complexity index is 503. The predicted octanol–water partition coefficient (Wildman–Crippen LogP) is 1.07. The zero-order chi connectivity index (χ0) is 13.8. The Kier molecular flexibility index (Phi) is 5.72. The summed E-state index contributed by atoms with van der Waals surface area (Å²) < 4.78 is 4.91. The molecule has 2 rings (SSSR count). The van der Waals surface area contributed by atoms with Crippen LogP contribution in [0.2, 0.25) is 0 Å². The summed E-state index contributed by atoms with van der Waals surface area (Å²) in [4.78, 5) is 24.3. The number of amides is 1. The lowest BCUT2D eigenvalue weighted by molar-refractivity contribution is -0.385. The monoisotopic (exact) mass is 301 g/mol.